The molecule has 0 N–H and O–H groups in total. The van der Waals surface area contributed by atoms with Gasteiger partial charge in [-0.3, -0.25) is 14.4 Å². The number of esters is 3. The first-order chi connectivity index (χ1) is 37.0. The summed E-state index contributed by atoms with van der Waals surface area (Å²) in [6, 6.07) is 0. The van der Waals surface area contributed by atoms with Crippen molar-refractivity contribution in [2.45, 2.75) is 335 Å². The van der Waals surface area contributed by atoms with Crippen molar-refractivity contribution in [3.05, 3.63) is 72.9 Å². The third kappa shape index (κ3) is 61.6. The Kier molecular flexibility index (Phi) is 60.7. The van der Waals surface area contributed by atoms with Crippen LogP contribution in [0.4, 0.5) is 0 Å². The minimum Gasteiger partial charge on any atom is -0.462 e. The van der Waals surface area contributed by atoms with E-state index < -0.39 is 6.10 Å². The number of carbonyl (C=O) groups excluding carboxylic acids is 3. The van der Waals surface area contributed by atoms with Crippen molar-refractivity contribution in [1.82, 2.24) is 0 Å². The summed E-state index contributed by atoms with van der Waals surface area (Å²) in [5, 5.41) is 0. The van der Waals surface area contributed by atoms with Gasteiger partial charge in [0.25, 0.3) is 0 Å². The fraction of sp³-hybridized carbons (Fsp3) is 0.783. The summed E-state index contributed by atoms with van der Waals surface area (Å²) in [6.45, 7) is 6.61. The van der Waals surface area contributed by atoms with Crippen LogP contribution in [0.25, 0.3) is 0 Å². The smallest absolute Gasteiger partial charge is 0.306 e. The molecule has 0 aromatic rings. The Bertz CT molecular complexity index is 1390. The first-order valence-electron chi connectivity index (χ1n) is 32.4. The van der Waals surface area contributed by atoms with Gasteiger partial charge in [-0.2, -0.15) is 0 Å². The van der Waals surface area contributed by atoms with Crippen LogP contribution in [-0.2, 0) is 28.6 Å². The Balaban J connectivity index is 4.42. The molecule has 434 valence electrons. The molecule has 0 aliphatic carbocycles. The summed E-state index contributed by atoms with van der Waals surface area (Å²) in [5.74, 6) is -0.907. The highest BCUT2D eigenvalue weighted by atomic mass is 16.6. The molecule has 0 heterocycles. The van der Waals surface area contributed by atoms with Crippen molar-refractivity contribution in [2.24, 2.45) is 0 Å². The molecule has 0 aromatic heterocycles. The van der Waals surface area contributed by atoms with Gasteiger partial charge in [0.15, 0.2) is 6.10 Å². The molecular formula is C69H122O6. The Morgan fingerprint density at radius 2 is 0.480 bits per heavy atom. The van der Waals surface area contributed by atoms with Crippen LogP contribution in [0, 0.1) is 0 Å². The predicted molar refractivity (Wildman–Crippen MR) is 325 cm³/mol. The quantitative estimate of drug-likeness (QED) is 0.0261. The Hall–Kier alpha value is -3.15. The maximum absolute atomic E-state index is 12.9. The largest absolute Gasteiger partial charge is 0.462 e. The van der Waals surface area contributed by atoms with Gasteiger partial charge in [0.1, 0.15) is 13.2 Å². The van der Waals surface area contributed by atoms with E-state index in [1.54, 1.807) is 0 Å². The summed E-state index contributed by atoms with van der Waals surface area (Å²) in [4.78, 5) is 38.4. The number of carbonyl (C=O) groups is 3. The van der Waals surface area contributed by atoms with Crippen LogP contribution < -0.4 is 0 Å². The SMILES string of the molecule is CCCCC/C=C\C/C=C\C/C=C\C/C=C\CCCCCC(=O)OC[C@@H](COC(=O)CCCCCCCCCCC/C=C\CCCCCCCC)OC(=O)CCCCCCCCCCC/C=C\CCCCCCCC. The first kappa shape index (κ1) is 71.8. The monoisotopic (exact) mass is 1050 g/mol. The molecule has 0 spiro atoms. The van der Waals surface area contributed by atoms with Gasteiger partial charge in [0.2, 0.25) is 0 Å². The Morgan fingerprint density at radius 3 is 0.800 bits per heavy atom. The molecule has 75 heavy (non-hydrogen) atoms. The van der Waals surface area contributed by atoms with Crippen molar-refractivity contribution in [3.63, 3.8) is 0 Å². The minimum absolute atomic E-state index is 0.0860. The van der Waals surface area contributed by atoms with Crippen molar-refractivity contribution in [3.8, 4) is 0 Å². The second kappa shape index (κ2) is 63.4. The minimum atomic E-state index is -0.792. The molecule has 0 saturated heterocycles. The van der Waals surface area contributed by atoms with Gasteiger partial charge in [0, 0.05) is 19.3 Å². The lowest BCUT2D eigenvalue weighted by Gasteiger charge is -2.18. The van der Waals surface area contributed by atoms with Gasteiger partial charge in [-0.15, -0.1) is 0 Å². The molecule has 0 saturated carbocycles. The zero-order valence-corrected chi connectivity index (χ0v) is 49.8. The molecule has 0 bridgehead atoms. The number of unbranched alkanes of at least 4 members (excludes halogenated alkanes) is 36. The van der Waals surface area contributed by atoms with E-state index >= 15 is 0 Å². The van der Waals surface area contributed by atoms with E-state index in [9.17, 15) is 14.4 Å². The molecule has 0 radical (unpaired) electrons. The Morgan fingerprint density at radius 1 is 0.267 bits per heavy atom. The summed E-state index contributed by atoms with van der Waals surface area (Å²) in [5.41, 5.74) is 0. The number of hydrogen-bond donors (Lipinski definition) is 0. The maximum Gasteiger partial charge on any atom is 0.306 e. The van der Waals surface area contributed by atoms with Crippen LogP contribution in [0.1, 0.15) is 329 Å². The molecular weight excluding hydrogens is 925 g/mol. The van der Waals surface area contributed by atoms with Crippen LogP contribution in [0.3, 0.4) is 0 Å². The van der Waals surface area contributed by atoms with E-state index in [1.165, 1.54) is 205 Å². The van der Waals surface area contributed by atoms with Gasteiger partial charge in [0.05, 0.1) is 0 Å². The topological polar surface area (TPSA) is 78.9 Å². The van der Waals surface area contributed by atoms with Crippen LogP contribution >= 0.6 is 0 Å². The fourth-order valence-electron chi connectivity index (χ4n) is 9.24. The zero-order chi connectivity index (χ0) is 54.3. The summed E-state index contributed by atoms with van der Waals surface area (Å²) < 4.78 is 16.9. The van der Waals surface area contributed by atoms with Crippen molar-refractivity contribution in [2.75, 3.05) is 13.2 Å². The lowest BCUT2D eigenvalue weighted by Crippen LogP contribution is -2.30. The number of allylic oxidation sites excluding steroid dienone is 12. The molecule has 0 aliphatic heterocycles. The first-order valence-corrected chi connectivity index (χ1v) is 32.4. The zero-order valence-electron chi connectivity index (χ0n) is 49.8. The van der Waals surface area contributed by atoms with Gasteiger partial charge >= 0.3 is 17.9 Å². The molecule has 0 aliphatic rings. The highest BCUT2D eigenvalue weighted by molar-refractivity contribution is 5.71. The molecule has 0 aromatic carbocycles. The van der Waals surface area contributed by atoms with Crippen LogP contribution in [0.2, 0.25) is 0 Å². The van der Waals surface area contributed by atoms with Gasteiger partial charge in [-0.1, -0.05) is 267 Å². The van der Waals surface area contributed by atoms with E-state index in [1.807, 2.05) is 0 Å². The summed E-state index contributed by atoms with van der Waals surface area (Å²) in [7, 11) is 0. The van der Waals surface area contributed by atoms with E-state index in [2.05, 4.69) is 93.7 Å². The third-order valence-corrected chi connectivity index (χ3v) is 14.2. The van der Waals surface area contributed by atoms with Crippen molar-refractivity contribution in [1.29, 1.82) is 0 Å². The fourth-order valence-corrected chi connectivity index (χ4v) is 9.24. The second-order valence-corrected chi connectivity index (χ2v) is 21.7. The normalized spacial score (nSPS) is 12.5. The molecule has 0 rings (SSSR count). The molecule has 1 atom stereocenters. The summed E-state index contributed by atoms with van der Waals surface area (Å²) >= 11 is 0. The lowest BCUT2D eigenvalue weighted by molar-refractivity contribution is -0.167. The van der Waals surface area contributed by atoms with Crippen molar-refractivity contribution >= 4 is 17.9 Å². The lowest BCUT2D eigenvalue weighted by atomic mass is 10.1. The van der Waals surface area contributed by atoms with Crippen molar-refractivity contribution < 1.29 is 28.6 Å². The molecule has 0 unspecified atom stereocenters. The number of hydrogen-bond acceptors (Lipinski definition) is 6. The second-order valence-electron chi connectivity index (χ2n) is 21.7. The highest BCUT2D eigenvalue weighted by Crippen LogP contribution is 2.16. The van der Waals surface area contributed by atoms with Crippen LogP contribution in [0.5, 0.6) is 0 Å². The third-order valence-electron chi connectivity index (χ3n) is 14.2. The molecule has 0 fully saturated rings. The van der Waals surface area contributed by atoms with E-state index in [4.69, 9.17) is 14.2 Å². The highest BCUT2D eigenvalue weighted by Gasteiger charge is 2.19. The molecule has 6 nitrogen and oxygen atoms in total. The summed E-state index contributed by atoms with van der Waals surface area (Å²) in [6.07, 6.45) is 81.8. The van der Waals surface area contributed by atoms with Crippen LogP contribution in [-0.4, -0.2) is 37.2 Å². The van der Waals surface area contributed by atoms with E-state index in [0.717, 1.165) is 83.5 Å². The van der Waals surface area contributed by atoms with Gasteiger partial charge in [-0.05, 0) is 116 Å². The molecule has 6 heteroatoms. The van der Waals surface area contributed by atoms with E-state index in [0.29, 0.717) is 19.3 Å². The average molecular weight is 1050 g/mol. The predicted octanol–water partition coefficient (Wildman–Crippen LogP) is 22.1. The standard InChI is InChI=1S/C69H122O6/c1-4-7-10-13-16-19-22-25-28-31-34-37-40-43-46-49-52-55-58-61-67(70)73-64-66(75-69(72)63-60-57-54-51-48-45-42-39-36-33-30-27-24-21-18-15-12-9-6-3)65-74-68(71)62-59-56-53-50-47-44-41-38-35-32-29-26-23-20-17-14-11-8-5-2/h16,19,25-30,34,37,43,46,66H,4-15,17-18,20-24,31-33,35-36,38-42,44-45,47-65H2,1-3H3/b19-16-,28-25-,29-26-,30-27-,37-34-,46-43-/t66-/m0/s1. The number of rotatable bonds is 59. The van der Waals surface area contributed by atoms with E-state index in [-0.39, 0.29) is 31.1 Å². The van der Waals surface area contributed by atoms with Gasteiger partial charge in [-0.25, -0.2) is 0 Å². The number of ether oxygens (including phenoxy) is 3. The maximum atomic E-state index is 12.9. The molecule has 0 amide bonds. The Labute approximate surface area is 465 Å². The average Bonchev–Trinajstić information content (AvgIpc) is 3.41. The van der Waals surface area contributed by atoms with Crippen LogP contribution in [0.15, 0.2) is 72.9 Å². The van der Waals surface area contributed by atoms with Gasteiger partial charge < -0.3 is 14.2 Å².